The van der Waals surface area contributed by atoms with Gasteiger partial charge in [-0.3, -0.25) is 0 Å². The number of nitrogens with zero attached hydrogens (tertiary/aromatic N) is 3. The van der Waals surface area contributed by atoms with Crippen LogP contribution >= 0.6 is 46.6 Å². The van der Waals surface area contributed by atoms with Crippen LogP contribution in [-0.4, -0.2) is 22.4 Å². The smallest absolute Gasteiger partial charge is 0.446 e. The minimum Gasteiger partial charge on any atom is -0.480 e. The molecule has 0 saturated heterocycles. The summed E-state index contributed by atoms with van der Waals surface area (Å²) in [6.45, 7) is 0. The Labute approximate surface area is 147 Å². The lowest BCUT2D eigenvalue weighted by Gasteiger charge is -2.11. The molecule has 2 aromatic rings. The van der Waals surface area contributed by atoms with E-state index in [0.717, 1.165) is 11.8 Å². The number of nitriles is 1. The summed E-state index contributed by atoms with van der Waals surface area (Å²) >= 11 is 17.4. The molecular weight excluding hydrogens is 398 g/mol. The molecule has 23 heavy (non-hydrogen) atoms. The molecule has 1 aromatic heterocycles. The maximum Gasteiger partial charge on any atom is 0.446 e. The molecule has 0 fully saturated rings. The number of halogens is 6. The molecule has 0 spiro atoms. The fourth-order valence-corrected chi connectivity index (χ4v) is 3.39. The quantitative estimate of drug-likeness (QED) is 0.652. The number of benzene rings is 1. The van der Waals surface area contributed by atoms with Crippen molar-refractivity contribution in [1.29, 1.82) is 5.26 Å². The Morgan fingerprint density at radius 1 is 1.26 bits per heavy atom. The molecule has 4 nitrogen and oxygen atoms in total. The number of alkyl halides is 3. The first-order valence-electron chi connectivity index (χ1n) is 5.65. The summed E-state index contributed by atoms with van der Waals surface area (Å²) < 4.78 is 44.0. The van der Waals surface area contributed by atoms with Crippen molar-refractivity contribution < 1.29 is 17.9 Å². The van der Waals surface area contributed by atoms with Crippen molar-refractivity contribution in [1.82, 2.24) is 9.78 Å². The van der Waals surface area contributed by atoms with Crippen LogP contribution in [0.4, 0.5) is 13.2 Å². The van der Waals surface area contributed by atoms with E-state index in [2.05, 4.69) is 5.10 Å². The third-order valence-corrected chi connectivity index (χ3v) is 4.11. The van der Waals surface area contributed by atoms with E-state index in [0.29, 0.717) is 0 Å². The van der Waals surface area contributed by atoms with Gasteiger partial charge in [0.2, 0.25) is 5.88 Å². The largest absolute Gasteiger partial charge is 0.480 e. The van der Waals surface area contributed by atoms with Gasteiger partial charge in [-0.15, -0.1) is 0 Å². The van der Waals surface area contributed by atoms with Crippen LogP contribution < -0.4 is 4.74 Å². The fourth-order valence-electron chi connectivity index (χ4n) is 1.74. The average molecular weight is 403 g/mol. The Kier molecular flexibility index (Phi) is 5.26. The van der Waals surface area contributed by atoms with Gasteiger partial charge in [0, 0.05) is 5.02 Å². The zero-order valence-electron chi connectivity index (χ0n) is 11.1. The number of rotatable bonds is 3. The lowest BCUT2D eigenvalue weighted by atomic mass is 10.3. The van der Waals surface area contributed by atoms with Crippen molar-refractivity contribution >= 4 is 46.6 Å². The molecule has 0 N–H and O–H groups in total. The number of ether oxygens (including phenoxy) is 1. The van der Waals surface area contributed by atoms with Gasteiger partial charge in [-0.05, 0) is 23.9 Å². The summed E-state index contributed by atoms with van der Waals surface area (Å²) in [5.41, 5.74) is -5.04. The lowest BCUT2D eigenvalue weighted by Crippen LogP contribution is -2.03. The van der Waals surface area contributed by atoms with Crippen LogP contribution in [0.25, 0.3) is 5.69 Å². The second kappa shape index (κ2) is 6.69. The summed E-state index contributed by atoms with van der Waals surface area (Å²) in [6.07, 6.45) is 0. The van der Waals surface area contributed by atoms with Crippen LogP contribution in [0.3, 0.4) is 0 Å². The van der Waals surface area contributed by atoms with Gasteiger partial charge in [0.1, 0.15) is 16.7 Å². The van der Waals surface area contributed by atoms with E-state index in [1.54, 1.807) is 6.07 Å². The van der Waals surface area contributed by atoms with Crippen molar-refractivity contribution in [3.8, 4) is 17.6 Å². The zero-order valence-corrected chi connectivity index (χ0v) is 14.2. The van der Waals surface area contributed by atoms with Crippen molar-refractivity contribution in [3.63, 3.8) is 0 Å². The Bertz CT molecular complexity index is 778. The number of aromatic nitrogens is 2. The van der Waals surface area contributed by atoms with Crippen LogP contribution in [0, 0.1) is 11.3 Å². The highest BCUT2D eigenvalue weighted by Gasteiger charge is 2.35. The topological polar surface area (TPSA) is 50.8 Å². The molecule has 0 unspecified atom stereocenters. The molecule has 1 aromatic carbocycles. The second-order valence-corrected chi connectivity index (χ2v) is 6.30. The number of methoxy groups -OCH3 is 1. The summed E-state index contributed by atoms with van der Waals surface area (Å²) in [7, 11) is 1.15. The molecule has 0 aliphatic carbocycles. The van der Waals surface area contributed by atoms with Gasteiger partial charge in [0.05, 0.1) is 17.2 Å². The Morgan fingerprint density at radius 2 is 1.83 bits per heavy atom. The molecule has 0 atom stereocenters. The van der Waals surface area contributed by atoms with E-state index in [9.17, 15) is 13.2 Å². The van der Waals surface area contributed by atoms with Gasteiger partial charge in [-0.25, -0.2) is 0 Å². The number of hydrogen-bond donors (Lipinski definition) is 0. The maximum atomic E-state index is 12.7. The van der Waals surface area contributed by atoms with Crippen molar-refractivity contribution in [3.05, 3.63) is 32.9 Å². The second-order valence-electron chi connectivity index (χ2n) is 3.98. The SMILES string of the molecule is COc1c(SC(F)(F)F)c(C#N)nn1-c1c(Cl)cc(Cl)cc1Cl. The summed E-state index contributed by atoms with van der Waals surface area (Å²) in [4.78, 5) is -0.482. The number of hydrogen-bond acceptors (Lipinski definition) is 4. The highest BCUT2D eigenvalue weighted by atomic mass is 35.5. The molecule has 0 aliphatic heterocycles. The molecule has 0 aliphatic rings. The van der Waals surface area contributed by atoms with Crippen molar-refractivity contribution in [2.75, 3.05) is 7.11 Å². The summed E-state index contributed by atoms with van der Waals surface area (Å²) in [5.74, 6) is -0.310. The Morgan fingerprint density at radius 3 is 2.26 bits per heavy atom. The van der Waals surface area contributed by atoms with E-state index >= 15 is 0 Å². The molecule has 0 amide bonds. The van der Waals surface area contributed by atoms with Crippen LogP contribution in [0.15, 0.2) is 17.0 Å². The summed E-state index contributed by atoms with van der Waals surface area (Å²) in [5, 5.41) is 13.1. The minimum absolute atomic E-state index is 0.0383. The molecule has 1 heterocycles. The van der Waals surface area contributed by atoms with E-state index in [-0.39, 0.29) is 26.6 Å². The van der Waals surface area contributed by atoms with E-state index < -0.39 is 27.9 Å². The number of thioether (sulfide) groups is 1. The predicted octanol–water partition coefficient (Wildman–Crippen LogP) is 5.32. The average Bonchev–Trinajstić information content (AvgIpc) is 2.73. The van der Waals surface area contributed by atoms with Crippen LogP contribution in [-0.2, 0) is 0 Å². The van der Waals surface area contributed by atoms with Crippen LogP contribution in [0.5, 0.6) is 5.88 Å². The van der Waals surface area contributed by atoms with Gasteiger partial charge in [-0.1, -0.05) is 34.8 Å². The van der Waals surface area contributed by atoms with Gasteiger partial charge in [0.25, 0.3) is 0 Å². The first-order valence-corrected chi connectivity index (χ1v) is 7.60. The highest BCUT2D eigenvalue weighted by molar-refractivity contribution is 8.00. The standard InChI is InChI=1S/C12H5Cl3F3N3OS/c1-22-11-10(23-12(16,17)18)8(4-19)20-21(11)9-6(14)2-5(13)3-7(9)15/h2-3H,1H3. The van der Waals surface area contributed by atoms with E-state index in [1.165, 1.54) is 12.1 Å². The first kappa shape index (κ1) is 18.1. The molecule has 0 bridgehead atoms. The van der Waals surface area contributed by atoms with Gasteiger partial charge >= 0.3 is 5.51 Å². The van der Waals surface area contributed by atoms with Crippen molar-refractivity contribution in [2.24, 2.45) is 0 Å². The third-order valence-electron chi connectivity index (χ3n) is 2.51. The zero-order chi connectivity index (χ0) is 17.4. The van der Waals surface area contributed by atoms with Gasteiger partial charge < -0.3 is 4.74 Å². The molecule has 11 heteroatoms. The predicted molar refractivity (Wildman–Crippen MR) is 81.8 cm³/mol. The molecule has 0 radical (unpaired) electrons. The normalized spacial score (nSPS) is 11.4. The molecule has 0 saturated carbocycles. The first-order chi connectivity index (χ1) is 10.7. The van der Waals surface area contributed by atoms with Crippen LogP contribution in [0.2, 0.25) is 15.1 Å². The maximum absolute atomic E-state index is 12.7. The van der Waals surface area contributed by atoms with E-state index in [1.807, 2.05) is 0 Å². The van der Waals surface area contributed by atoms with Gasteiger partial charge in [0.15, 0.2) is 5.69 Å². The van der Waals surface area contributed by atoms with Crippen LogP contribution in [0.1, 0.15) is 5.69 Å². The highest BCUT2D eigenvalue weighted by Crippen LogP contribution is 2.45. The lowest BCUT2D eigenvalue weighted by molar-refractivity contribution is -0.0329. The fraction of sp³-hybridized carbons (Fsp3) is 0.167. The monoisotopic (exact) mass is 401 g/mol. The molecular formula is C12H5Cl3F3N3OS. The Balaban J connectivity index is 2.73. The Hall–Kier alpha value is -1.27. The molecule has 122 valence electrons. The van der Waals surface area contributed by atoms with Gasteiger partial charge in [-0.2, -0.15) is 28.2 Å². The molecule has 2 rings (SSSR count). The van der Waals surface area contributed by atoms with E-state index in [4.69, 9.17) is 44.8 Å². The summed E-state index contributed by atoms with van der Waals surface area (Å²) in [6, 6.07) is 4.27. The third kappa shape index (κ3) is 3.80. The minimum atomic E-state index is -4.62. The van der Waals surface area contributed by atoms with Crippen molar-refractivity contribution in [2.45, 2.75) is 10.4 Å².